The molecule has 1 unspecified atom stereocenters. The molecule has 2 aliphatic rings. The van der Waals surface area contributed by atoms with Crippen LogP contribution in [-0.2, 0) is 24.3 Å². The van der Waals surface area contributed by atoms with E-state index in [0.29, 0.717) is 66.7 Å². The highest BCUT2D eigenvalue weighted by atomic mass is 32.2. The van der Waals surface area contributed by atoms with E-state index >= 15 is 0 Å². The molecule has 3 N–H and O–H groups in total. The standard InChI is InChI=1S/C27H32N2O10S2/c1-3-18(14-25-28(4-2)21-16-19(40-39-38-32)9-11-23(21)36-25)15-26-29(13-7-5-6-8-27(30)31)22-17-20(41(33,34)35)10-12-24(22)37-26/h9-12,14-17,25,32H,3-8,13H2,1-2H3,(H,30,31)(H,33,34,35)/b18-14+,26-15-. The zero-order chi connectivity index (χ0) is 29.6. The zero-order valence-corrected chi connectivity index (χ0v) is 24.2. The first-order valence-electron chi connectivity index (χ1n) is 13.1. The summed E-state index contributed by atoms with van der Waals surface area (Å²) in [6.45, 7) is 5.11. The Hall–Kier alpha value is -3.27. The number of hydrogen-bond acceptors (Lipinski definition) is 11. The van der Waals surface area contributed by atoms with E-state index in [-0.39, 0.29) is 11.3 Å². The predicted molar refractivity (Wildman–Crippen MR) is 151 cm³/mol. The van der Waals surface area contributed by atoms with Crippen molar-refractivity contribution in [3.63, 3.8) is 0 Å². The van der Waals surface area contributed by atoms with E-state index < -0.39 is 22.3 Å². The molecular weight excluding hydrogens is 576 g/mol. The van der Waals surface area contributed by atoms with E-state index in [1.165, 1.54) is 18.2 Å². The highest BCUT2D eigenvalue weighted by Crippen LogP contribution is 2.43. The van der Waals surface area contributed by atoms with Gasteiger partial charge in [0.1, 0.15) is 5.75 Å². The van der Waals surface area contributed by atoms with Gasteiger partial charge < -0.3 is 24.4 Å². The first kappa shape index (κ1) is 30.7. The maximum Gasteiger partial charge on any atom is 0.303 e. The summed E-state index contributed by atoms with van der Waals surface area (Å²) in [5, 5.41) is 21.1. The lowest BCUT2D eigenvalue weighted by atomic mass is 10.1. The van der Waals surface area contributed by atoms with Gasteiger partial charge >= 0.3 is 5.97 Å². The number of aliphatic carboxylic acids is 1. The van der Waals surface area contributed by atoms with Crippen molar-refractivity contribution in [2.45, 2.75) is 62.0 Å². The number of hydrogen-bond donors (Lipinski definition) is 3. The molecule has 0 amide bonds. The number of anilines is 2. The minimum absolute atomic E-state index is 0.0749. The lowest BCUT2D eigenvalue weighted by molar-refractivity contribution is -0.432. The lowest BCUT2D eigenvalue weighted by Gasteiger charge is -2.22. The van der Waals surface area contributed by atoms with Gasteiger partial charge in [-0.3, -0.25) is 9.35 Å². The Bertz CT molecular complexity index is 1430. The van der Waals surface area contributed by atoms with E-state index in [9.17, 15) is 17.8 Å². The van der Waals surface area contributed by atoms with Gasteiger partial charge in [-0.1, -0.05) is 18.4 Å². The molecule has 222 valence electrons. The van der Waals surface area contributed by atoms with Crippen molar-refractivity contribution in [3.05, 3.63) is 60.0 Å². The van der Waals surface area contributed by atoms with Crippen molar-refractivity contribution >= 4 is 39.5 Å². The molecule has 2 aromatic carbocycles. The quantitative estimate of drug-likeness (QED) is 0.0798. The van der Waals surface area contributed by atoms with Gasteiger partial charge in [-0.15, -0.1) is 4.33 Å². The monoisotopic (exact) mass is 608 g/mol. The Morgan fingerprint density at radius 1 is 1.10 bits per heavy atom. The molecule has 2 aliphatic heterocycles. The van der Waals surface area contributed by atoms with Crippen LogP contribution in [0.1, 0.15) is 46.0 Å². The number of allylic oxidation sites excluding steroid dienone is 2. The number of benzene rings is 2. The highest BCUT2D eigenvalue weighted by molar-refractivity contribution is 7.94. The third-order valence-corrected chi connectivity index (χ3v) is 8.07. The molecule has 0 aromatic heterocycles. The average Bonchev–Trinajstić information content (AvgIpc) is 3.46. The van der Waals surface area contributed by atoms with E-state index in [1.54, 1.807) is 6.07 Å². The SMILES string of the molecule is CCC(/C=C1\Oc2ccc(S(=O)(=O)O)cc2N1CCCCCC(=O)O)=C\C1Oc2ccc(SOOO)cc2N1CC. The average molecular weight is 609 g/mol. The van der Waals surface area contributed by atoms with E-state index in [1.807, 2.05) is 43.0 Å². The number of carbonyl (C=O) groups is 1. The summed E-state index contributed by atoms with van der Waals surface area (Å²) in [5.41, 5.74) is 2.26. The van der Waals surface area contributed by atoms with Crippen molar-refractivity contribution in [1.82, 2.24) is 0 Å². The first-order chi connectivity index (χ1) is 19.6. The second-order valence-corrected chi connectivity index (χ2v) is 11.5. The van der Waals surface area contributed by atoms with Gasteiger partial charge in [-0.25, -0.2) is 5.26 Å². The fourth-order valence-electron chi connectivity index (χ4n) is 4.64. The molecular formula is C27H32N2O10S2. The number of carboxylic acid groups (broad SMARTS) is 1. The largest absolute Gasteiger partial charge is 0.481 e. The molecule has 0 radical (unpaired) electrons. The Morgan fingerprint density at radius 2 is 1.88 bits per heavy atom. The fraction of sp³-hybridized carbons (Fsp3) is 0.370. The van der Waals surface area contributed by atoms with Crippen LogP contribution >= 0.6 is 12.0 Å². The Labute approximate surface area is 242 Å². The molecule has 0 aliphatic carbocycles. The van der Waals surface area contributed by atoms with Crippen molar-refractivity contribution in [2.24, 2.45) is 0 Å². The Balaban J connectivity index is 1.60. The third kappa shape index (κ3) is 7.52. The molecule has 0 fully saturated rings. The van der Waals surface area contributed by atoms with Gasteiger partial charge in [-0.05, 0) is 74.2 Å². The predicted octanol–water partition coefficient (Wildman–Crippen LogP) is 5.63. The van der Waals surface area contributed by atoms with Crippen LogP contribution in [0.25, 0.3) is 0 Å². The van der Waals surface area contributed by atoms with Crippen molar-refractivity contribution in [1.29, 1.82) is 0 Å². The minimum atomic E-state index is -4.42. The topological polar surface area (TPSA) is 155 Å². The van der Waals surface area contributed by atoms with Gasteiger partial charge in [-0.2, -0.15) is 8.42 Å². The molecule has 14 heteroatoms. The summed E-state index contributed by atoms with van der Waals surface area (Å²) in [6.07, 6.45) is 5.99. The summed E-state index contributed by atoms with van der Waals surface area (Å²) in [4.78, 5) is 15.2. The number of nitrogens with zero attached hydrogens (tertiary/aromatic N) is 2. The summed E-state index contributed by atoms with van der Waals surface area (Å²) in [6, 6.07) is 9.62. The van der Waals surface area contributed by atoms with Crippen molar-refractivity contribution < 1.29 is 47.0 Å². The van der Waals surface area contributed by atoms with Gasteiger partial charge in [0, 0.05) is 30.5 Å². The summed E-state index contributed by atoms with van der Waals surface area (Å²) >= 11 is 0.864. The molecule has 41 heavy (non-hydrogen) atoms. The second kappa shape index (κ2) is 13.6. The molecule has 2 aromatic rings. The number of ether oxygens (including phenoxy) is 2. The Morgan fingerprint density at radius 3 is 2.56 bits per heavy atom. The number of rotatable bonds is 14. The van der Waals surface area contributed by atoms with Gasteiger partial charge in [0.05, 0.1) is 28.3 Å². The molecule has 0 spiro atoms. The van der Waals surface area contributed by atoms with Crippen LogP contribution in [0.2, 0.25) is 0 Å². The third-order valence-electron chi connectivity index (χ3n) is 6.64. The normalized spacial score (nSPS) is 17.4. The fourth-order valence-corrected chi connectivity index (χ4v) is 5.54. The lowest BCUT2D eigenvalue weighted by Crippen LogP contribution is -2.33. The molecule has 4 rings (SSSR count). The van der Waals surface area contributed by atoms with Crippen molar-refractivity contribution in [3.8, 4) is 11.5 Å². The van der Waals surface area contributed by atoms with E-state index in [4.69, 9.17) is 19.8 Å². The number of fused-ring (bicyclic) bond motifs is 2. The Kier molecular flexibility index (Phi) is 10.2. The molecule has 0 saturated carbocycles. The molecule has 12 nitrogen and oxygen atoms in total. The van der Waals surface area contributed by atoms with E-state index in [2.05, 4.69) is 14.3 Å². The van der Waals surface area contributed by atoms with Crippen LogP contribution in [0.4, 0.5) is 11.4 Å². The van der Waals surface area contributed by atoms with Crippen LogP contribution in [0.15, 0.2) is 69.8 Å². The first-order valence-corrected chi connectivity index (χ1v) is 15.3. The maximum absolute atomic E-state index is 11.8. The van der Waals surface area contributed by atoms with Crippen LogP contribution < -0.4 is 19.3 Å². The molecule has 0 saturated heterocycles. The molecule has 1 atom stereocenters. The van der Waals surface area contributed by atoms with Crippen LogP contribution in [0.5, 0.6) is 11.5 Å². The van der Waals surface area contributed by atoms with Gasteiger partial charge in [0.2, 0.25) is 5.88 Å². The maximum atomic E-state index is 11.8. The zero-order valence-electron chi connectivity index (χ0n) is 22.6. The van der Waals surface area contributed by atoms with Gasteiger partial charge in [0.15, 0.2) is 12.0 Å². The van der Waals surface area contributed by atoms with Crippen molar-refractivity contribution in [2.75, 3.05) is 22.9 Å². The van der Waals surface area contributed by atoms with Crippen LogP contribution in [0.3, 0.4) is 0 Å². The van der Waals surface area contributed by atoms with Crippen LogP contribution in [0, 0.1) is 0 Å². The second-order valence-electron chi connectivity index (χ2n) is 9.29. The number of carboxylic acids is 1. The van der Waals surface area contributed by atoms with Gasteiger partial charge in [0.25, 0.3) is 10.1 Å². The number of likely N-dealkylation sites (N-methyl/N-ethyl adjacent to an activating group) is 1. The summed E-state index contributed by atoms with van der Waals surface area (Å²) in [5.74, 6) is 0.771. The molecule has 2 heterocycles. The van der Waals surface area contributed by atoms with E-state index in [0.717, 1.165) is 23.3 Å². The summed E-state index contributed by atoms with van der Waals surface area (Å²) in [7, 11) is -4.42. The van der Waals surface area contributed by atoms with Crippen LogP contribution in [-0.4, -0.2) is 48.6 Å². The number of unbranched alkanes of at least 4 members (excludes halogenated alkanes) is 2. The molecule has 0 bridgehead atoms. The smallest absolute Gasteiger partial charge is 0.303 e. The highest BCUT2D eigenvalue weighted by Gasteiger charge is 2.31. The summed E-state index contributed by atoms with van der Waals surface area (Å²) < 4.78 is 50.1. The minimum Gasteiger partial charge on any atom is -0.481 e.